The van der Waals surface area contributed by atoms with E-state index in [9.17, 15) is 4.79 Å². The molecule has 5 heteroatoms. The van der Waals surface area contributed by atoms with Crippen molar-refractivity contribution in [2.24, 2.45) is 0 Å². The van der Waals surface area contributed by atoms with Crippen LogP contribution >= 0.6 is 11.6 Å². The molecular formula is C13H15ClN2O2. The number of hydrogen-bond acceptors (Lipinski definition) is 3. The van der Waals surface area contributed by atoms with E-state index in [1.54, 1.807) is 29.2 Å². The van der Waals surface area contributed by atoms with Crippen molar-refractivity contribution < 1.29 is 9.53 Å². The largest absolute Gasteiger partial charge is 0.484 e. The van der Waals surface area contributed by atoms with E-state index in [0.717, 1.165) is 0 Å². The molecule has 0 heterocycles. The van der Waals surface area contributed by atoms with Gasteiger partial charge in [0, 0.05) is 18.1 Å². The van der Waals surface area contributed by atoms with E-state index in [4.69, 9.17) is 21.6 Å². The lowest BCUT2D eigenvalue weighted by atomic mass is 10.3. The molecule has 0 aliphatic heterocycles. The zero-order chi connectivity index (χ0) is 13.4. The van der Waals surface area contributed by atoms with E-state index in [0.29, 0.717) is 30.3 Å². The highest BCUT2D eigenvalue weighted by atomic mass is 35.5. The van der Waals surface area contributed by atoms with Crippen LogP contribution in [0.15, 0.2) is 24.3 Å². The number of benzene rings is 1. The van der Waals surface area contributed by atoms with Crippen molar-refractivity contribution >= 4 is 17.5 Å². The molecule has 0 aromatic heterocycles. The van der Waals surface area contributed by atoms with Gasteiger partial charge in [0.05, 0.1) is 12.5 Å². The predicted octanol–water partition coefficient (Wildman–Crippen LogP) is 2.48. The van der Waals surface area contributed by atoms with Crippen LogP contribution in [0.5, 0.6) is 5.75 Å². The average Bonchev–Trinajstić information content (AvgIpc) is 2.39. The molecule has 1 aromatic rings. The van der Waals surface area contributed by atoms with Crippen LogP contribution in [0.1, 0.15) is 13.3 Å². The van der Waals surface area contributed by atoms with E-state index < -0.39 is 0 Å². The van der Waals surface area contributed by atoms with Crippen LogP contribution in [0.25, 0.3) is 0 Å². The third kappa shape index (κ3) is 4.64. The summed E-state index contributed by atoms with van der Waals surface area (Å²) >= 11 is 5.74. The number of amides is 1. The molecule has 1 aromatic carbocycles. The summed E-state index contributed by atoms with van der Waals surface area (Å²) in [5.74, 6) is 0.479. The Morgan fingerprint density at radius 1 is 1.44 bits per heavy atom. The molecule has 0 fully saturated rings. The number of hydrogen-bond donors (Lipinski definition) is 0. The third-order valence-corrected chi connectivity index (χ3v) is 2.66. The van der Waals surface area contributed by atoms with Gasteiger partial charge >= 0.3 is 0 Å². The Morgan fingerprint density at radius 3 is 2.67 bits per heavy atom. The molecule has 0 aliphatic carbocycles. The molecule has 0 saturated heterocycles. The zero-order valence-electron chi connectivity index (χ0n) is 10.2. The Bertz CT molecular complexity index is 426. The zero-order valence-corrected chi connectivity index (χ0v) is 11.0. The van der Waals surface area contributed by atoms with Crippen LogP contribution in [0.3, 0.4) is 0 Å². The minimum absolute atomic E-state index is 0.0269. The quantitative estimate of drug-likeness (QED) is 0.795. The molecule has 18 heavy (non-hydrogen) atoms. The summed E-state index contributed by atoms with van der Waals surface area (Å²) in [7, 11) is 0. The maximum absolute atomic E-state index is 11.8. The monoisotopic (exact) mass is 266 g/mol. The first kappa shape index (κ1) is 14.3. The lowest BCUT2D eigenvalue weighted by molar-refractivity contribution is -0.133. The molecule has 0 saturated carbocycles. The Balaban J connectivity index is 2.44. The van der Waals surface area contributed by atoms with Gasteiger partial charge in [-0.2, -0.15) is 5.26 Å². The van der Waals surface area contributed by atoms with Crippen molar-refractivity contribution in [2.45, 2.75) is 13.3 Å². The second-order valence-electron chi connectivity index (χ2n) is 3.62. The van der Waals surface area contributed by atoms with Crippen molar-refractivity contribution in [3.8, 4) is 11.8 Å². The van der Waals surface area contributed by atoms with Gasteiger partial charge in [0.15, 0.2) is 6.61 Å². The summed E-state index contributed by atoms with van der Waals surface area (Å²) in [5, 5.41) is 9.12. The molecule has 1 rings (SSSR count). The topological polar surface area (TPSA) is 53.3 Å². The van der Waals surface area contributed by atoms with Gasteiger partial charge in [0.25, 0.3) is 5.91 Å². The molecule has 96 valence electrons. The van der Waals surface area contributed by atoms with Gasteiger partial charge in [-0.15, -0.1) is 0 Å². The minimum atomic E-state index is -0.122. The number of rotatable bonds is 6. The highest BCUT2D eigenvalue weighted by Gasteiger charge is 2.11. The Morgan fingerprint density at radius 2 is 2.11 bits per heavy atom. The lowest BCUT2D eigenvalue weighted by Gasteiger charge is -2.19. The lowest BCUT2D eigenvalue weighted by Crippen LogP contribution is -2.35. The van der Waals surface area contributed by atoms with Gasteiger partial charge in [0.2, 0.25) is 0 Å². The van der Waals surface area contributed by atoms with Gasteiger partial charge in [-0.1, -0.05) is 11.6 Å². The second kappa shape index (κ2) is 7.57. The molecule has 0 spiro atoms. The van der Waals surface area contributed by atoms with Crippen molar-refractivity contribution in [1.82, 2.24) is 4.90 Å². The molecule has 0 atom stereocenters. The van der Waals surface area contributed by atoms with Crippen molar-refractivity contribution in [3.05, 3.63) is 29.3 Å². The SMILES string of the molecule is CCN(CCC#N)C(=O)COc1ccc(Cl)cc1. The summed E-state index contributed by atoms with van der Waals surface area (Å²) < 4.78 is 5.35. The van der Waals surface area contributed by atoms with E-state index in [1.165, 1.54) is 0 Å². The number of nitriles is 1. The van der Waals surface area contributed by atoms with Crippen LogP contribution in [0.2, 0.25) is 5.02 Å². The van der Waals surface area contributed by atoms with E-state index in [1.807, 2.05) is 13.0 Å². The summed E-state index contributed by atoms with van der Waals surface area (Å²) in [6.45, 7) is 2.86. The summed E-state index contributed by atoms with van der Waals surface area (Å²) in [6, 6.07) is 8.84. The Labute approximate surface area is 112 Å². The van der Waals surface area contributed by atoms with Crippen LogP contribution in [0, 0.1) is 11.3 Å². The molecule has 0 radical (unpaired) electrons. The van der Waals surface area contributed by atoms with Crippen LogP contribution in [0.4, 0.5) is 0 Å². The van der Waals surface area contributed by atoms with Gasteiger partial charge in [-0.05, 0) is 31.2 Å². The minimum Gasteiger partial charge on any atom is -0.484 e. The standard InChI is InChI=1S/C13H15ClN2O2/c1-2-16(9-3-8-15)13(17)10-18-12-6-4-11(14)5-7-12/h4-7H,2-3,9-10H2,1H3. The molecule has 0 unspecified atom stereocenters. The number of ether oxygens (including phenoxy) is 1. The van der Waals surface area contributed by atoms with E-state index >= 15 is 0 Å². The smallest absolute Gasteiger partial charge is 0.260 e. The van der Waals surface area contributed by atoms with Crippen molar-refractivity contribution in [2.75, 3.05) is 19.7 Å². The second-order valence-corrected chi connectivity index (χ2v) is 4.06. The molecule has 4 nitrogen and oxygen atoms in total. The fourth-order valence-electron chi connectivity index (χ4n) is 1.41. The molecule has 0 aliphatic rings. The fraction of sp³-hybridized carbons (Fsp3) is 0.385. The first-order valence-electron chi connectivity index (χ1n) is 5.70. The van der Waals surface area contributed by atoms with Gasteiger partial charge in [-0.25, -0.2) is 0 Å². The molecule has 1 amide bonds. The number of carbonyl (C=O) groups excluding carboxylic acids is 1. The first-order valence-corrected chi connectivity index (χ1v) is 6.08. The summed E-state index contributed by atoms with van der Waals surface area (Å²) in [6.07, 6.45) is 0.334. The van der Waals surface area contributed by atoms with Crippen LogP contribution in [-0.2, 0) is 4.79 Å². The number of nitrogens with zero attached hydrogens (tertiary/aromatic N) is 2. The molecule has 0 N–H and O–H groups in total. The fourth-order valence-corrected chi connectivity index (χ4v) is 1.54. The number of halogens is 1. The average molecular weight is 267 g/mol. The maximum atomic E-state index is 11.8. The Kier molecular flexibility index (Phi) is 6.03. The van der Waals surface area contributed by atoms with Crippen LogP contribution < -0.4 is 4.74 Å². The maximum Gasteiger partial charge on any atom is 0.260 e. The summed E-state index contributed by atoms with van der Waals surface area (Å²) in [5.41, 5.74) is 0. The van der Waals surface area contributed by atoms with Crippen molar-refractivity contribution in [3.63, 3.8) is 0 Å². The van der Waals surface area contributed by atoms with Gasteiger partial charge < -0.3 is 9.64 Å². The van der Waals surface area contributed by atoms with Gasteiger partial charge in [0.1, 0.15) is 5.75 Å². The van der Waals surface area contributed by atoms with E-state index in [2.05, 4.69) is 0 Å². The number of carbonyl (C=O) groups is 1. The van der Waals surface area contributed by atoms with Crippen LogP contribution in [-0.4, -0.2) is 30.5 Å². The van der Waals surface area contributed by atoms with Gasteiger partial charge in [-0.3, -0.25) is 4.79 Å². The normalized spacial score (nSPS) is 9.61. The number of likely N-dealkylation sites (N-methyl/N-ethyl adjacent to an activating group) is 1. The molecule has 0 bridgehead atoms. The summed E-state index contributed by atoms with van der Waals surface area (Å²) in [4.78, 5) is 13.4. The van der Waals surface area contributed by atoms with E-state index in [-0.39, 0.29) is 12.5 Å². The van der Waals surface area contributed by atoms with Crippen molar-refractivity contribution in [1.29, 1.82) is 5.26 Å². The molecular weight excluding hydrogens is 252 g/mol. The third-order valence-electron chi connectivity index (χ3n) is 2.40. The Hall–Kier alpha value is -1.73. The highest BCUT2D eigenvalue weighted by Crippen LogP contribution is 2.15. The first-order chi connectivity index (χ1) is 8.67. The predicted molar refractivity (Wildman–Crippen MR) is 69.4 cm³/mol. The highest BCUT2D eigenvalue weighted by molar-refractivity contribution is 6.30.